The Balaban J connectivity index is 1.79. The van der Waals surface area contributed by atoms with Gasteiger partial charge in [-0.05, 0) is 30.3 Å². The van der Waals surface area contributed by atoms with Crippen molar-refractivity contribution in [2.45, 2.75) is 6.04 Å². The normalized spacial score (nSPS) is 11.3. The molecule has 0 radical (unpaired) electrons. The highest BCUT2D eigenvalue weighted by Crippen LogP contribution is 2.24. The maximum Gasteiger partial charge on any atom is 0.132 e. The molecular formula is C19H14ClN5. The van der Waals surface area contributed by atoms with Gasteiger partial charge in [0, 0.05) is 34.2 Å². The fourth-order valence-electron chi connectivity index (χ4n) is 2.48. The summed E-state index contributed by atoms with van der Waals surface area (Å²) < 4.78 is 0. The SMILES string of the molecule is N#Cc1ccc2cncc(NC(C#N)CNc3cccc(Cl)c3)c2c1. The second-order valence-corrected chi connectivity index (χ2v) is 5.89. The van der Waals surface area contributed by atoms with Crippen molar-refractivity contribution in [2.75, 3.05) is 17.2 Å². The van der Waals surface area contributed by atoms with Crippen LogP contribution in [-0.4, -0.2) is 17.6 Å². The zero-order valence-electron chi connectivity index (χ0n) is 13.2. The fourth-order valence-corrected chi connectivity index (χ4v) is 2.67. The summed E-state index contributed by atoms with van der Waals surface area (Å²) >= 11 is 5.96. The minimum absolute atomic E-state index is 0.394. The van der Waals surface area contributed by atoms with E-state index in [1.165, 1.54) is 0 Å². The average Bonchev–Trinajstić information content (AvgIpc) is 2.65. The van der Waals surface area contributed by atoms with Crippen molar-refractivity contribution < 1.29 is 0 Å². The van der Waals surface area contributed by atoms with Gasteiger partial charge < -0.3 is 10.6 Å². The standard InChI is InChI=1S/C19H14ClN5/c20-15-2-1-3-16(7-15)24-11-17(9-22)25-19-12-23-10-14-5-4-13(8-21)6-18(14)19/h1-7,10,12,17,24-25H,11H2. The number of nitrogens with one attached hydrogen (secondary N) is 2. The molecule has 1 aromatic heterocycles. The molecule has 5 nitrogen and oxygen atoms in total. The molecule has 0 aliphatic rings. The molecule has 6 heteroatoms. The van der Waals surface area contributed by atoms with E-state index in [-0.39, 0.29) is 0 Å². The van der Waals surface area contributed by atoms with E-state index in [0.717, 1.165) is 16.5 Å². The van der Waals surface area contributed by atoms with E-state index in [1.807, 2.05) is 18.2 Å². The molecule has 0 fully saturated rings. The molecule has 0 aliphatic heterocycles. The third-order valence-electron chi connectivity index (χ3n) is 3.71. The Morgan fingerprint density at radius 3 is 2.76 bits per heavy atom. The summed E-state index contributed by atoms with van der Waals surface area (Å²) in [5.41, 5.74) is 2.12. The maximum atomic E-state index is 9.44. The molecule has 0 spiro atoms. The molecule has 0 saturated heterocycles. The van der Waals surface area contributed by atoms with Crippen LogP contribution in [0.1, 0.15) is 5.56 Å². The smallest absolute Gasteiger partial charge is 0.132 e. The van der Waals surface area contributed by atoms with Crippen LogP contribution in [0.15, 0.2) is 54.9 Å². The Morgan fingerprint density at radius 1 is 1.12 bits per heavy atom. The van der Waals surface area contributed by atoms with Crippen LogP contribution >= 0.6 is 11.6 Å². The zero-order chi connectivity index (χ0) is 17.6. The van der Waals surface area contributed by atoms with Gasteiger partial charge in [0.15, 0.2) is 0 Å². The lowest BCUT2D eigenvalue weighted by atomic mass is 10.1. The molecule has 25 heavy (non-hydrogen) atoms. The van der Waals surface area contributed by atoms with Crippen LogP contribution in [0.25, 0.3) is 10.8 Å². The third-order valence-corrected chi connectivity index (χ3v) is 3.95. The monoisotopic (exact) mass is 347 g/mol. The molecular weight excluding hydrogens is 334 g/mol. The Bertz CT molecular complexity index is 987. The predicted molar refractivity (Wildman–Crippen MR) is 99.4 cm³/mol. The summed E-state index contributed by atoms with van der Waals surface area (Å²) in [4.78, 5) is 4.19. The quantitative estimate of drug-likeness (QED) is 0.723. The van der Waals surface area contributed by atoms with Crippen LogP contribution in [0.4, 0.5) is 11.4 Å². The van der Waals surface area contributed by atoms with E-state index in [1.54, 1.807) is 36.7 Å². The molecule has 2 N–H and O–H groups in total. The lowest BCUT2D eigenvalue weighted by Crippen LogP contribution is -2.26. The first-order valence-corrected chi connectivity index (χ1v) is 8.01. The summed E-state index contributed by atoms with van der Waals surface area (Å²) in [5.74, 6) is 0. The molecule has 0 amide bonds. The van der Waals surface area contributed by atoms with E-state index in [2.05, 4.69) is 27.8 Å². The molecule has 3 rings (SSSR count). The summed E-state index contributed by atoms with van der Waals surface area (Å²) in [5, 5.41) is 27.3. The minimum atomic E-state index is -0.475. The van der Waals surface area contributed by atoms with Gasteiger partial charge >= 0.3 is 0 Å². The van der Waals surface area contributed by atoms with Gasteiger partial charge in [-0.25, -0.2) is 0 Å². The highest BCUT2D eigenvalue weighted by Gasteiger charge is 2.10. The second-order valence-electron chi connectivity index (χ2n) is 5.45. The number of anilines is 2. The van der Waals surface area contributed by atoms with Crippen molar-refractivity contribution in [3.8, 4) is 12.1 Å². The Kier molecular flexibility index (Phi) is 4.99. The first-order chi connectivity index (χ1) is 12.2. The first-order valence-electron chi connectivity index (χ1n) is 7.63. The van der Waals surface area contributed by atoms with Crippen LogP contribution in [0.2, 0.25) is 5.02 Å². The van der Waals surface area contributed by atoms with Gasteiger partial charge in [-0.1, -0.05) is 23.7 Å². The number of nitrogens with zero attached hydrogens (tertiary/aromatic N) is 3. The lowest BCUT2D eigenvalue weighted by Gasteiger charge is -2.16. The van der Waals surface area contributed by atoms with E-state index in [9.17, 15) is 5.26 Å². The summed E-state index contributed by atoms with van der Waals surface area (Å²) in [6.07, 6.45) is 3.39. The predicted octanol–water partition coefficient (Wildman–Crippen LogP) is 4.18. The van der Waals surface area contributed by atoms with Crippen LogP contribution in [0.5, 0.6) is 0 Å². The molecule has 0 aliphatic carbocycles. The summed E-state index contributed by atoms with van der Waals surface area (Å²) in [6.45, 7) is 0.394. The summed E-state index contributed by atoms with van der Waals surface area (Å²) in [7, 11) is 0. The number of benzene rings is 2. The number of hydrogen-bond acceptors (Lipinski definition) is 5. The van der Waals surface area contributed by atoms with Gasteiger partial charge in [-0.2, -0.15) is 10.5 Å². The van der Waals surface area contributed by atoms with Crippen LogP contribution in [0, 0.1) is 22.7 Å². The second kappa shape index (κ2) is 7.53. The molecule has 122 valence electrons. The largest absolute Gasteiger partial charge is 0.382 e. The zero-order valence-corrected chi connectivity index (χ0v) is 14.0. The number of fused-ring (bicyclic) bond motifs is 1. The van der Waals surface area contributed by atoms with Gasteiger partial charge in [-0.3, -0.25) is 4.98 Å². The molecule has 0 bridgehead atoms. The lowest BCUT2D eigenvalue weighted by molar-refractivity contribution is 0.928. The minimum Gasteiger partial charge on any atom is -0.382 e. The molecule has 0 saturated carbocycles. The first kappa shape index (κ1) is 16.6. The Morgan fingerprint density at radius 2 is 2.00 bits per heavy atom. The van der Waals surface area contributed by atoms with Gasteiger partial charge in [0.25, 0.3) is 0 Å². The van der Waals surface area contributed by atoms with Crippen molar-refractivity contribution in [3.63, 3.8) is 0 Å². The van der Waals surface area contributed by atoms with Crippen LogP contribution < -0.4 is 10.6 Å². The van der Waals surface area contributed by atoms with Crippen molar-refractivity contribution in [3.05, 3.63) is 65.4 Å². The number of aromatic nitrogens is 1. The molecule has 3 aromatic rings. The van der Waals surface area contributed by atoms with E-state index < -0.39 is 6.04 Å². The third kappa shape index (κ3) is 3.98. The fraction of sp³-hybridized carbons (Fsp3) is 0.105. The van der Waals surface area contributed by atoms with Gasteiger partial charge in [-0.15, -0.1) is 0 Å². The Labute approximate surface area is 150 Å². The van der Waals surface area contributed by atoms with E-state index >= 15 is 0 Å². The molecule has 1 atom stereocenters. The van der Waals surface area contributed by atoms with Gasteiger partial charge in [0.1, 0.15) is 6.04 Å². The Hall–Kier alpha value is -3.28. The molecule has 2 aromatic carbocycles. The number of hydrogen-bond donors (Lipinski definition) is 2. The number of rotatable bonds is 5. The highest BCUT2D eigenvalue weighted by atomic mass is 35.5. The van der Waals surface area contributed by atoms with E-state index in [4.69, 9.17) is 16.9 Å². The highest BCUT2D eigenvalue weighted by molar-refractivity contribution is 6.30. The number of pyridine rings is 1. The van der Waals surface area contributed by atoms with Gasteiger partial charge in [0.2, 0.25) is 0 Å². The van der Waals surface area contributed by atoms with Crippen molar-refractivity contribution in [1.29, 1.82) is 10.5 Å². The topological polar surface area (TPSA) is 84.5 Å². The average molecular weight is 348 g/mol. The number of nitriles is 2. The van der Waals surface area contributed by atoms with E-state index in [0.29, 0.717) is 22.8 Å². The van der Waals surface area contributed by atoms with Crippen molar-refractivity contribution in [1.82, 2.24) is 4.98 Å². The van der Waals surface area contributed by atoms with Crippen molar-refractivity contribution in [2.24, 2.45) is 0 Å². The van der Waals surface area contributed by atoms with Crippen LogP contribution in [-0.2, 0) is 0 Å². The van der Waals surface area contributed by atoms with Gasteiger partial charge in [0.05, 0.1) is 29.6 Å². The maximum absolute atomic E-state index is 9.44. The number of halogens is 1. The summed E-state index contributed by atoms with van der Waals surface area (Å²) in [6, 6.07) is 16.6. The van der Waals surface area contributed by atoms with Crippen molar-refractivity contribution >= 4 is 33.7 Å². The van der Waals surface area contributed by atoms with Crippen LogP contribution in [0.3, 0.4) is 0 Å². The molecule has 1 heterocycles. The molecule has 1 unspecified atom stereocenters.